The Labute approximate surface area is 127 Å². The first-order chi connectivity index (χ1) is 9.78. The number of carbonyl (C=O) groups is 1. The van der Waals surface area contributed by atoms with E-state index in [1.165, 1.54) is 18.2 Å². The van der Waals surface area contributed by atoms with Crippen LogP contribution in [0.25, 0.3) is 0 Å². The Balaban J connectivity index is 2.46. The van der Waals surface area contributed by atoms with Crippen LogP contribution in [-0.2, 0) is 0 Å². The van der Waals surface area contributed by atoms with Crippen LogP contribution in [0.2, 0.25) is 0 Å². The molecule has 0 aliphatic rings. The van der Waals surface area contributed by atoms with Crippen LogP contribution in [-0.4, -0.2) is 12.1 Å². The summed E-state index contributed by atoms with van der Waals surface area (Å²) in [7, 11) is 0. The number of benzene rings is 2. The second kappa shape index (κ2) is 5.89. The van der Waals surface area contributed by atoms with Crippen LogP contribution in [0, 0.1) is 6.92 Å². The van der Waals surface area contributed by atoms with Crippen molar-refractivity contribution >= 4 is 21.7 Å². The maximum absolute atomic E-state index is 12.4. The summed E-state index contributed by atoms with van der Waals surface area (Å²) in [5.74, 6) is -1.05. The fourth-order valence-electron chi connectivity index (χ4n) is 1.83. The van der Waals surface area contributed by atoms with Gasteiger partial charge in [0.05, 0.1) is 5.56 Å². The molecule has 0 saturated carbocycles. The van der Waals surface area contributed by atoms with E-state index in [9.17, 15) is 18.0 Å². The van der Waals surface area contributed by atoms with Gasteiger partial charge in [0.15, 0.2) is 5.78 Å². The molecule has 2 aromatic carbocycles. The van der Waals surface area contributed by atoms with Crippen molar-refractivity contribution in [1.82, 2.24) is 0 Å². The summed E-state index contributed by atoms with van der Waals surface area (Å²) in [6.07, 6.45) is -4.85. The van der Waals surface area contributed by atoms with Gasteiger partial charge in [-0.1, -0.05) is 39.7 Å². The lowest BCUT2D eigenvalue weighted by molar-refractivity contribution is -0.274. The zero-order valence-electron chi connectivity index (χ0n) is 10.9. The maximum atomic E-state index is 12.4. The fraction of sp³-hybridized carbons (Fsp3) is 0.133. The van der Waals surface area contributed by atoms with Gasteiger partial charge in [-0.3, -0.25) is 4.79 Å². The van der Waals surface area contributed by atoms with E-state index < -0.39 is 17.9 Å². The summed E-state index contributed by atoms with van der Waals surface area (Å²) in [5.41, 5.74) is 0.977. The van der Waals surface area contributed by atoms with Crippen LogP contribution >= 0.6 is 15.9 Å². The second-order valence-electron chi connectivity index (χ2n) is 4.36. The van der Waals surface area contributed by atoms with E-state index in [0.717, 1.165) is 11.6 Å². The number of carbonyl (C=O) groups excluding carboxylic acids is 1. The molecule has 0 aromatic heterocycles. The number of aryl methyl sites for hydroxylation is 1. The monoisotopic (exact) mass is 358 g/mol. The number of ketones is 1. The van der Waals surface area contributed by atoms with E-state index in [1.54, 1.807) is 25.1 Å². The fourth-order valence-corrected chi connectivity index (χ4v) is 2.25. The minimum Gasteiger partial charge on any atom is -0.405 e. The molecule has 0 radical (unpaired) electrons. The maximum Gasteiger partial charge on any atom is 0.573 e. The summed E-state index contributed by atoms with van der Waals surface area (Å²) in [6.45, 7) is 1.79. The van der Waals surface area contributed by atoms with Crippen molar-refractivity contribution in [2.45, 2.75) is 13.3 Å². The van der Waals surface area contributed by atoms with Gasteiger partial charge in [-0.2, -0.15) is 0 Å². The van der Waals surface area contributed by atoms with Crippen LogP contribution in [0.1, 0.15) is 21.5 Å². The number of alkyl halides is 3. The third-order valence-electron chi connectivity index (χ3n) is 2.72. The van der Waals surface area contributed by atoms with E-state index in [2.05, 4.69) is 20.7 Å². The van der Waals surface area contributed by atoms with E-state index in [1.807, 2.05) is 0 Å². The summed E-state index contributed by atoms with van der Waals surface area (Å²) >= 11 is 3.23. The molecule has 21 heavy (non-hydrogen) atoms. The first-order valence-electron chi connectivity index (χ1n) is 5.93. The molecule has 0 heterocycles. The topological polar surface area (TPSA) is 26.3 Å². The van der Waals surface area contributed by atoms with Crippen molar-refractivity contribution in [3.63, 3.8) is 0 Å². The third kappa shape index (κ3) is 3.85. The molecule has 0 aliphatic heterocycles. The van der Waals surface area contributed by atoms with Crippen LogP contribution in [0.4, 0.5) is 13.2 Å². The Morgan fingerprint density at radius 1 is 1.10 bits per heavy atom. The third-order valence-corrected chi connectivity index (χ3v) is 3.42. The number of hydrogen-bond donors (Lipinski definition) is 0. The summed E-state index contributed by atoms with van der Waals surface area (Å²) in [4.78, 5) is 12.4. The van der Waals surface area contributed by atoms with Crippen molar-refractivity contribution in [3.8, 4) is 5.75 Å². The van der Waals surface area contributed by atoms with Crippen LogP contribution < -0.4 is 4.74 Å². The molecule has 0 amide bonds. The predicted molar refractivity (Wildman–Crippen MR) is 75.4 cm³/mol. The highest BCUT2D eigenvalue weighted by atomic mass is 79.9. The highest BCUT2D eigenvalue weighted by molar-refractivity contribution is 9.10. The molecule has 110 valence electrons. The van der Waals surface area contributed by atoms with Crippen molar-refractivity contribution in [3.05, 3.63) is 63.6 Å². The molecule has 0 spiro atoms. The molecule has 0 bridgehead atoms. The number of halogens is 4. The van der Waals surface area contributed by atoms with Crippen molar-refractivity contribution < 1.29 is 22.7 Å². The second-order valence-corrected chi connectivity index (χ2v) is 5.21. The molecule has 2 nitrogen and oxygen atoms in total. The SMILES string of the molecule is Cc1ccc(Br)c(C(=O)c2ccccc2OC(F)(F)F)c1. The molecule has 0 saturated heterocycles. The van der Waals surface area contributed by atoms with Crippen LogP contribution in [0.3, 0.4) is 0 Å². The highest BCUT2D eigenvalue weighted by Crippen LogP contribution is 2.30. The average molecular weight is 359 g/mol. The van der Waals surface area contributed by atoms with E-state index >= 15 is 0 Å². The van der Waals surface area contributed by atoms with Gasteiger partial charge in [0.2, 0.25) is 0 Å². The first-order valence-corrected chi connectivity index (χ1v) is 6.73. The van der Waals surface area contributed by atoms with Gasteiger partial charge < -0.3 is 4.74 Å². The largest absolute Gasteiger partial charge is 0.573 e. The number of para-hydroxylation sites is 1. The van der Waals surface area contributed by atoms with Gasteiger partial charge in [0.25, 0.3) is 0 Å². The Bertz CT molecular complexity index is 681. The van der Waals surface area contributed by atoms with Gasteiger partial charge in [-0.25, -0.2) is 0 Å². The lowest BCUT2D eigenvalue weighted by atomic mass is 10.0. The minimum atomic E-state index is -4.85. The highest BCUT2D eigenvalue weighted by Gasteiger charge is 2.33. The normalized spacial score (nSPS) is 11.3. The average Bonchev–Trinajstić information content (AvgIpc) is 2.39. The van der Waals surface area contributed by atoms with E-state index in [-0.39, 0.29) is 11.1 Å². The van der Waals surface area contributed by atoms with Gasteiger partial charge in [0.1, 0.15) is 5.75 Å². The van der Waals surface area contributed by atoms with Gasteiger partial charge in [0, 0.05) is 10.0 Å². The standard InChI is InChI=1S/C15H10BrF3O2/c1-9-6-7-12(16)11(8-9)14(20)10-4-2-3-5-13(10)21-15(17,18)19/h2-8H,1H3. The predicted octanol–water partition coefficient (Wildman–Crippen LogP) is 4.89. The van der Waals surface area contributed by atoms with E-state index in [0.29, 0.717) is 4.47 Å². The van der Waals surface area contributed by atoms with Crippen molar-refractivity contribution in [1.29, 1.82) is 0 Å². The lowest BCUT2D eigenvalue weighted by Gasteiger charge is -2.13. The van der Waals surface area contributed by atoms with Gasteiger partial charge in [-0.05, 0) is 31.2 Å². The molecule has 0 unspecified atom stereocenters. The first kappa shape index (κ1) is 15.6. The molecule has 0 fully saturated rings. The number of rotatable bonds is 3. The Hall–Kier alpha value is -1.82. The zero-order chi connectivity index (χ0) is 15.6. The Kier molecular flexibility index (Phi) is 4.37. The molecular formula is C15H10BrF3O2. The lowest BCUT2D eigenvalue weighted by Crippen LogP contribution is -2.19. The zero-order valence-corrected chi connectivity index (χ0v) is 12.5. The number of hydrogen-bond acceptors (Lipinski definition) is 2. The number of ether oxygens (including phenoxy) is 1. The molecule has 6 heteroatoms. The summed E-state index contributed by atoms with van der Waals surface area (Å²) < 4.78 is 41.6. The quantitative estimate of drug-likeness (QED) is 0.730. The minimum absolute atomic E-state index is 0.138. The smallest absolute Gasteiger partial charge is 0.405 e. The molecule has 2 rings (SSSR count). The van der Waals surface area contributed by atoms with Gasteiger partial charge >= 0.3 is 6.36 Å². The summed E-state index contributed by atoms with van der Waals surface area (Å²) in [6, 6.07) is 10.4. The van der Waals surface area contributed by atoms with Crippen molar-refractivity contribution in [2.24, 2.45) is 0 Å². The van der Waals surface area contributed by atoms with Crippen LogP contribution in [0.5, 0.6) is 5.75 Å². The molecule has 0 atom stereocenters. The Morgan fingerprint density at radius 3 is 2.43 bits per heavy atom. The van der Waals surface area contributed by atoms with E-state index in [4.69, 9.17) is 0 Å². The van der Waals surface area contributed by atoms with Crippen LogP contribution in [0.15, 0.2) is 46.9 Å². The van der Waals surface area contributed by atoms with Crippen molar-refractivity contribution in [2.75, 3.05) is 0 Å². The van der Waals surface area contributed by atoms with Gasteiger partial charge in [-0.15, -0.1) is 13.2 Å². The summed E-state index contributed by atoms with van der Waals surface area (Å²) in [5, 5.41) is 0. The Morgan fingerprint density at radius 2 is 1.76 bits per heavy atom. The molecule has 0 N–H and O–H groups in total. The molecule has 2 aromatic rings. The molecular weight excluding hydrogens is 349 g/mol. The molecule has 0 aliphatic carbocycles.